The number of carbonyl (C=O) groups is 4. The molecule has 0 radical (unpaired) electrons. The lowest BCUT2D eigenvalue weighted by molar-refractivity contribution is -0.397. The van der Waals surface area contributed by atoms with Gasteiger partial charge in [-0.3, -0.25) is 24.5 Å². The van der Waals surface area contributed by atoms with Crippen LogP contribution in [0.25, 0.3) is 0 Å². The molecular formula is C31H39N3O4. The molecule has 1 saturated heterocycles. The normalized spacial score (nSPS) is 37.9. The van der Waals surface area contributed by atoms with E-state index in [2.05, 4.69) is 16.0 Å². The number of hydrogen-bond acceptors (Lipinski definition) is 6. The summed E-state index contributed by atoms with van der Waals surface area (Å²) in [6.07, 6.45) is 12.4. The number of unbranched alkanes of at least 4 members (excludes halogenated alkanes) is 4. The molecule has 1 aliphatic heterocycles. The molecule has 5 fully saturated rings. The number of piperidine rings is 1. The van der Waals surface area contributed by atoms with Gasteiger partial charge in [0.2, 0.25) is 11.8 Å². The second-order valence-corrected chi connectivity index (χ2v) is 13.0. The number of hydrogen-bond donors (Lipinski definition) is 3. The highest BCUT2D eigenvalue weighted by atomic mass is 16.2. The Morgan fingerprint density at radius 2 is 1.61 bits per heavy atom. The van der Waals surface area contributed by atoms with Crippen molar-refractivity contribution in [2.75, 3.05) is 18.4 Å². The Labute approximate surface area is 224 Å². The molecule has 1 aromatic carbocycles. The minimum atomic E-state index is -0.688. The third-order valence-corrected chi connectivity index (χ3v) is 11.4. The fourth-order valence-electron chi connectivity index (χ4n) is 9.78. The van der Waals surface area contributed by atoms with Crippen molar-refractivity contribution in [3.05, 3.63) is 29.3 Å². The van der Waals surface area contributed by atoms with Gasteiger partial charge in [-0.05, 0) is 80.7 Å². The summed E-state index contributed by atoms with van der Waals surface area (Å²) in [5.41, 5.74) is 2.89. The number of amides is 2. The van der Waals surface area contributed by atoms with E-state index in [1.165, 1.54) is 44.9 Å². The van der Waals surface area contributed by atoms with E-state index in [4.69, 9.17) is 0 Å². The van der Waals surface area contributed by atoms with E-state index >= 15 is 0 Å². The number of imide groups is 1. The molecule has 6 aliphatic rings. The van der Waals surface area contributed by atoms with Gasteiger partial charge in [0, 0.05) is 48.0 Å². The third kappa shape index (κ3) is 3.36. The molecule has 0 aromatic heterocycles. The molecule has 1 aromatic rings. The molecule has 2 amide bonds. The van der Waals surface area contributed by atoms with E-state index in [1.54, 1.807) is 12.1 Å². The first-order valence-corrected chi connectivity index (χ1v) is 15.0. The maximum atomic E-state index is 13.3. The summed E-state index contributed by atoms with van der Waals surface area (Å²) in [5.74, 6) is 0.882. The van der Waals surface area contributed by atoms with Crippen LogP contribution in [0.3, 0.4) is 0 Å². The Bertz CT molecular complexity index is 1180. The second kappa shape index (κ2) is 9.00. The number of rotatable bonds is 11. The van der Waals surface area contributed by atoms with E-state index < -0.39 is 17.7 Å². The van der Waals surface area contributed by atoms with E-state index in [0.717, 1.165) is 49.1 Å². The zero-order valence-corrected chi connectivity index (χ0v) is 22.2. The lowest BCUT2D eigenvalue weighted by atomic mass is 9.15. The molecule has 4 unspecified atom stereocenters. The average Bonchev–Trinajstić information content (AvgIpc) is 2.85. The Hall–Kier alpha value is -2.54. The molecule has 202 valence electrons. The molecular weight excluding hydrogens is 478 g/mol. The lowest BCUT2D eigenvalue weighted by Gasteiger charge is -2.91. The molecule has 7 rings (SSSR count). The van der Waals surface area contributed by atoms with Gasteiger partial charge in [-0.25, -0.2) is 0 Å². The molecule has 7 nitrogen and oxygen atoms in total. The smallest absolute Gasteiger partial charge is 0.230 e. The van der Waals surface area contributed by atoms with Crippen LogP contribution in [-0.2, 0) is 9.59 Å². The number of ketones is 2. The SMILES string of the molecule is O=C1CCC(C2CC(=O)c3c(NCCCCCCCNC45CC6CC7CC(C4)C765)cccc3C2=O)C(=O)N1. The van der Waals surface area contributed by atoms with Gasteiger partial charge in [-0.2, -0.15) is 0 Å². The number of fused-ring (bicyclic) bond motifs is 1. The van der Waals surface area contributed by atoms with Crippen LogP contribution in [0, 0.1) is 35.0 Å². The van der Waals surface area contributed by atoms with Crippen molar-refractivity contribution < 1.29 is 19.2 Å². The Morgan fingerprint density at radius 3 is 2.32 bits per heavy atom. The number of benzene rings is 1. The van der Waals surface area contributed by atoms with Crippen molar-refractivity contribution in [3.63, 3.8) is 0 Å². The summed E-state index contributed by atoms with van der Waals surface area (Å²) < 4.78 is 0. The van der Waals surface area contributed by atoms with Crippen molar-refractivity contribution in [3.8, 4) is 0 Å². The summed E-state index contributed by atoms with van der Waals surface area (Å²) in [5, 5.41) is 9.71. The monoisotopic (exact) mass is 517 g/mol. The number of anilines is 1. The van der Waals surface area contributed by atoms with Gasteiger partial charge in [0.05, 0.1) is 5.56 Å². The van der Waals surface area contributed by atoms with Gasteiger partial charge in [-0.1, -0.05) is 31.4 Å². The van der Waals surface area contributed by atoms with E-state index in [-0.39, 0.29) is 30.3 Å². The molecule has 5 aliphatic carbocycles. The van der Waals surface area contributed by atoms with Crippen molar-refractivity contribution >= 4 is 29.1 Å². The Balaban J connectivity index is 0.845. The molecule has 1 spiro atoms. The predicted octanol–water partition coefficient (Wildman–Crippen LogP) is 4.27. The topological polar surface area (TPSA) is 104 Å². The predicted molar refractivity (Wildman–Crippen MR) is 143 cm³/mol. The number of Topliss-reactive ketones (excluding diaryl/α,β-unsaturated/α-hetero) is 2. The van der Waals surface area contributed by atoms with E-state index in [0.29, 0.717) is 28.8 Å². The minimum Gasteiger partial charge on any atom is -0.384 e. The van der Waals surface area contributed by atoms with Crippen LogP contribution in [0.1, 0.15) is 97.8 Å². The number of nitrogens with one attached hydrogen (secondary N) is 3. The summed E-state index contributed by atoms with van der Waals surface area (Å²) in [6.45, 7) is 1.93. The molecule has 38 heavy (non-hydrogen) atoms. The summed E-state index contributed by atoms with van der Waals surface area (Å²) in [4.78, 5) is 50.2. The lowest BCUT2D eigenvalue weighted by Crippen LogP contribution is -2.92. The van der Waals surface area contributed by atoms with Crippen molar-refractivity contribution in [1.82, 2.24) is 10.6 Å². The summed E-state index contributed by atoms with van der Waals surface area (Å²) in [6, 6.07) is 5.36. The van der Waals surface area contributed by atoms with Gasteiger partial charge in [0.1, 0.15) is 0 Å². The van der Waals surface area contributed by atoms with Gasteiger partial charge in [-0.15, -0.1) is 0 Å². The van der Waals surface area contributed by atoms with Gasteiger partial charge in [0.25, 0.3) is 0 Å². The van der Waals surface area contributed by atoms with Crippen molar-refractivity contribution in [1.29, 1.82) is 0 Å². The maximum Gasteiger partial charge on any atom is 0.230 e. The van der Waals surface area contributed by atoms with Gasteiger partial charge in [0.15, 0.2) is 11.6 Å². The third-order valence-electron chi connectivity index (χ3n) is 11.4. The van der Waals surface area contributed by atoms with Crippen LogP contribution < -0.4 is 16.0 Å². The highest BCUT2D eigenvalue weighted by Gasteiger charge is 2.87. The van der Waals surface area contributed by atoms with E-state index in [1.807, 2.05) is 6.07 Å². The fraction of sp³-hybridized carbons (Fsp3) is 0.677. The zero-order chi connectivity index (χ0) is 26.1. The van der Waals surface area contributed by atoms with Crippen LogP contribution in [-0.4, -0.2) is 42.0 Å². The van der Waals surface area contributed by atoms with Gasteiger partial charge >= 0.3 is 0 Å². The van der Waals surface area contributed by atoms with Crippen LogP contribution in [0.5, 0.6) is 0 Å². The molecule has 3 N–H and O–H groups in total. The average molecular weight is 518 g/mol. The van der Waals surface area contributed by atoms with Crippen molar-refractivity contribution in [2.24, 2.45) is 35.0 Å². The molecule has 4 atom stereocenters. The highest BCUT2D eigenvalue weighted by molar-refractivity contribution is 6.18. The fourth-order valence-corrected chi connectivity index (χ4v) is 9.78. The van der Waals surface area contributed by atoms with Crippen LogP contribution in [0.4, 0.5) is 5.69 Å². The molecule has 4 saturated carbocycles. The van der Waals surface area contributed by atoms with E-state index in [9.17, 15) is 19.2 Å². The maximum absolute atomic E-state index is 13.3. The van der Waals surface area contributed by atoms with Gasteiger partial charge < -0.3 is 10.6 Å². The second-order valence-electron chi connectivity index (χ2n) is 13.0. The minimum absolute atomic E-state index is 0.0230. The quantitative estimate of drug-likeness (QED) is 0.299. The summed E-state index contributed by atoms with van der Waals surface area (Å²) >= 11 is 0. The standard InChI is InChI=1S/C31H39N3O4/c35-25-15-23(21-9-10-26(36)34-29(21)38)28(37)22-7-6-8-24(27(22)25)32-11-4-2-1-3-5-12-33-30-16-19-13-18-14-20(17-30)31(18,19)30/h6-8,18-21,23,32-33H,1-5,9-17H2,(H,34,36,38). The first-order chi connectivity index (χ1) is 18.4. The van der Waals surface area contributed by atoms with Crippen LogP contribution in [0.15, 0.2) is 18.2 Å². The molecule has 1 heterocycles. The van der Waals surface area contributed by atoms with Crippen LogP contribution >= 0.6 is 0 Å². The zero-order valence-electron chi connectivity index (χ0n) is 22.2. The Kier molecular flexibility index (Phi) is 5.80. The van der Waals surface area contributed by atoms with Crippen LogP contribution in [0.2, 0.25) is 0 Å². The molecule has 7 heteroatoms. The number of carbonyl (C=O) groups excluding carboxylic acids is 4. The highest BCUT2D eigenvalue weighted by Crippen LogP contribution is 2.89. The largest absolute Gasteiger partial charge is 0.384 e. The Morgan fingerprint density at radius 1 is 0.868 bits per heavy atom. The molecule has 0 bridgehead atoms. The van der Waals surface area contributed by atoms with Crippen molar-refractivity contribution in [2.45, 2.75) is 82.6 Å². The first-order valence-electron chi connectivity index (χ1n) is 15.0. The first kappa shape index (κ1) is 24.5. The summed E-state index contributed by atoms with van der Waals surface area (Å²) in [7, 11) is 0.